The number of thiazole rings is 1. The lowest BCUT2D eigenvalue weighted by Gasteiger charge is -2.24. The molecule has 0 aliphatic carbocycles. The van der Waals surface area contributed by atoms with E-state index in [-0.39, 0.29) is 11.3 Å². The topological polar surface area (TPSA) is 101 Å². The number of rotatable bonds is 4. The lowest BCUT2D eigenvalue weighted by Crippen LogP contribution is -2.28. The number of pyridine rings is 1. The maximum absolute atomic E-state index is 11.0. The SMILES string of the molecule is CC(C)(Nc1cc(C(=O)O)c(N)cn1)c1nccs1. The van der Waals surface area contributed by atoms with E-state index in [1.165, 1.54) is 23.6 Å². The van der Waals surface area contributed by atoms with E-state index in [0.29, 0.717) is 5.82 Å². The molecule has 7 heteroatoms. The molecule has 0 fully saturated rings. The molecule has 0 unspecified atom stereocenters. The van der Waals surface area contributed by atoms with Crippen molar-refractivity contribution >= 4 is 28.8 Å². The first-order valence-electron chi connectivity index (χ1n) is 5.57. The van der Waals surface area contributed by atoms with E-state index in [1.54, 1.807) is 6.20 Å². The van der Waals surface area contributed by atoms with Gasteiger partial charge in [-0.25, -0.2) is 14.8 Å². The molecular formula is C12H14N4O2S. The maximum atomic E-state index is 11.0. The summed E-state index contributed by atoms with van der Waals surface area (Å²) < 4.78 is 0. The molecule has 0 saturated heterocycles. The predicted octanol–water partition coefficient (Wildman–Crippen LogP) is 2.17. The molecule has 100 valence electrons. The van der Waals surface area contributed by atoms with Crippen LogP contribution in [0.15, 0.2) is 23.8 Å². The number of carboxylic acids is 1. The quantitative estimate of drug-likeness (QED) is 0.792. The molecule has 19 heavy (non-hydrogen) atoms. The fourth-order valence-corrected chi connectivity index (χ4v) is 2.34. The van der Waals surface area contributed by atoms with E-state index in [0.717, 1.165) is 5.01 Å². The summed E-state index contributed by atoms with van der Waals surface area (Å²) in [6.07, 6.45) is 3.06. The smallest absolute Gasteiger partial charge is 0.337 e. The van der Waals surface area contributed by atoms with Gasteiger partial charge in [-0.3, -0.25) is 0 Å². The molecule has 0 spiro atoms. The Kier molecular flexibility index (Phi) is 3.39. The van der Waals surface area contributed by atoms with Crippen molar-refractivity contribution in [1.29, 1.82) is 0 Å². The number of nitrogens with two attached hydrogens (primary N) is 1. The summed E-state index contributed by atoms with van der Waals surface area (Å²) >= 11 is 1.52. The average molecular weight is 278 g/mol. The van der Waals surface area contributed by atoms with Crippen LogP contribution in [0.5, 0.6) is 0 Å². The monoisotopic (exact) mass is 278 g/mol. The summed E-state index contributed by atoms with van der Waals surface area (Å²) in [5.74, 6) is -0.623. The Hall–Kier alpha value is -2.15. The fraction of sp³-hybridized carbons (Fsp3) is 0.250. The molecule has 0 aliphatic rings. The van der Waals surface area contributed by atoms with E-state index in [9.17, 15) is 4.79 Å². The summed E-state index contributed by atoms with van der Waals surface area (Å²) in [6, 6.07) is 1.42. The van der Waals surface area contributed by atoms with Gasteiger partial charge in [0.1, 0.15) is 10.8 Å². The Balaban J connectivity index is 2.29. The Bertz CT molecular complexity index is 596. The summed E-state index contributed by atoms with van der Waals surface area (Å²) in [4.78, 5) is 19.4. The van der Waals surface area contributed by atoms with Crippen LogP contribution < -0.4 is 11.1 Å². The highest BCUT2D eigenvalue weighted by Gasteiger charge is 2.24. The van der Waals surface area contributed by atoms with Gasteiger partial charge in [-0.15, -0.1) is 11.3 Å². The number of nitrogen functional groups attached to an aromatic ring is 1. The number of nitrogens with one attached hydrogen (secondary N) is 1. The Morgan fingerprint density at radius 2 is 2.21 bits per heavy atom. The van der Waals surface area contributed by atoms with Gasteiger partial charge in [0, 0.05) is 11.6 Å². The van der Waals surface area contributed by atoms with E-state index in [1.807, 2.05) is 19.2 Å². The highest BCUT2D eigenvalue weighted by atomic mass is 32.1. The summed E-state index contributed by atoms with van der Waals surface area (Å²) in [7, 11) is 0. The van der Waals surface area contributed by atoms with Crippen LogP contribution in [0.25, 0.3) is 0 Å². The summed E-state index contributed by atoms with van der Waals surface area (Å²) in [5, 5.41) is 15.0. The zero-order chi connectivity index (χ0) is 14.0. The first kappa shape index (κ1) is 13.3. The Labute approximate surface area is 114 Å². The van der Waals surface area contributed by atoms with Gasteiger partial charge in [0.2, 0.25) is 0 Å². The van der Waals surface area contributed by atoms with Gasteiger partial charge >= 0.3 is 5.97 Å². The van der Waals surface area contributed by atoms with Crippen molar-refractivity contribution in [2.45, 2.75) is 19.4 Å². The van der Waals surface area contributed by atoms with Crippen LogP contribution >= 0.6 is 11.3 Å². The molecule has 0 aromatic carbocycles. The number of nitrogens with zero attached hydrogens (tertiary/aromatic N) is 2. The fourth-order valence-electron chi connectivity index (χ4n) is 1.63. The highest BCUT2D eigenvalue weighted by molar-refractivity contribution is 7.09. The van der Waals surface area contributed by atoms with E-state index in [4.69, 9.17) is 10.8 Å². The molecule has 0 saturated carbocycles. The number of carboxylic acid groups (broad SMARTS) is 1. The number of aromatic nitrogens is 2. The third-order valence-corrected chi connectivity index (χ3v) is 3.67. The third kappa shape index (κ3) is 2.82. The number of hydrogen-bond donors (Lipinski definition) is 3. The van der Waals surface area contributed by atoms with Crippen molar-refractivity contribution in [2.24, 2.45) is 0 Å². The molecule has 2 aromatic heterocycles. The molecule has 2 aromatic rings. The van der Waals surface area contributed by atoms with Gasteiger partial charge in [0.05, 0.1) is 23.0 Å². The Morgan fingerprint density at radius 1 is 1.47 bits per heavy atom. The number of anilines is 2. The molecule has 0 radical (unpaired) electrons. The minimum atomic E-state index is -1.07. The lowest BCUT2D eigenvalue weighted by molar-refractivity contribution is 0.0698. The average Bonchev–Trinajstić information content (AvgIpc) is 2.85. The van der Waals surface area contributed by atoms with Gasteiger partial charge in [0.25, 0.3) is 0 Å². The zero-order valence-corrected chi connectivity index (χ0v) is 11.4. The van der Waals surface area contributed by atoms with Gasteiger partial charge in [0.15, 0.2) is 0 Å². The molecule has 0 atom stereocenters. The molecular weight excluding hydrogens is 264 g/mol. The van der Waals surface area contributed by atoms with Crippen molar-refractivity contribution in [3.8, 4) is 0 Å². The molecule has 0 aliphatic heterocycles. The molecule has 0 bridgehead atoms. The minimum Gasteiger partial charge on any atom is -0.478 e. The summed E-state index contributed by atoms with van der Waals surface area (Å²) in [6.45, 7) is 3.90. The van der Waals surface area contributed by atoms with Crippen molar-refractivity contribution < 1.29 is 9.90 Å². The van der Waals surface area contributed by atoms with Crippen molar-refractivity contribution in [3.63, 3.8) is 0 Å². The first-order valence-corrected chi connectivity index (χ1v) is 6.45. The van der Waals surface area contributed by atoms with Gasteiger partial charge in [-0.2, -0.15) is 0 Å². The van der Waals surface area contributed by atoms with Crippen molar-refractivity contribution in [1.82, 2.24) is 9.97 Å². The Morgan fingerprint density at radius 3 is 2.79 bits per heavy atom. The van der Waals surface area contributed by atoms with Crippen LogP contribution in [-0.4, -0.2) is 21.0 Å². The van der Waals surface area contributed by atoms with Gasteiger partial charge < -0.3 is 16.2 Å². The molecule has 2 heterocycles. The molecule has 0 amide bonds. The van der Waals surface area contributed by atoms with Gasteiger partial charge in [-0.05, 0) is 19.9 Å². The molecule has 6 nitrogen and oxygen atoms in total. The van der Waals surface area contributed by atoms with Crippen LogP contribution in [-0.2, 0) is 5.54 Å². The molecule has 4 N–H and O–H groups in total. The largest absolute Gasteiger partial charge is 0.478 e. The number of hydrogen-bond acceptors (Lipinski definition) is 6. The highest BCUT2D eigenvalue weighted by Crippen LogP contribution is 2.27. The lowest BCUT2D eigenvalue weighted by atomic mass is 10.1. The summed E-state index contributed by atoms with van der Waals surface area (Å²) in [5.41, 5.74) is 5.31. The van der Waals surface area contributed by atoms with Gasteiger partial charge in [-0.1, -0.05) is 0 Å². The van der Waals surface area contributed by atoms with Crippen LogP contribution in [0.4, 0.5) is 11.5 Å². The number of carbonyl (C=O) groups is 1. The second-order valence-corrected chi connectivity index (χ2v) is 5.44. The second-order valence-electron chi connectivity index (χ2n) is 4.55. The van der Waals surface area contributed by atoms with E-state index < -0.39 is 11.5 Å². The number of aromatic carboxylic acids is 1. The van der Waals surface area contributed by atoms with Crippen LogP contribution in [0.1, 0.15) is 29.2 Å². The zero-order valence-electron chi connectivity index (χ0n) is 10.5. The van der Waals surface area contributed by atoms with Crippen LogP contribution in [0, 0.1) is 0 Å². The minimum absolute atomic E-state index is 0.0347. The second kappa shape index (κ2) is 4.85. The van der Waals surface area contributed by atoms with Crippen LogP contribution in [0.2, 0.25) is 0 Å². The van der Waals surface area contributed by atoms with E-state index in [2.05, 4.69) is 15.3 Å². The predicted molar refractivity (Wildman–Crippen MR) is 74.4 cm³/mol. The standard InChI is InChI=1S/C12H14N4O2S/c1-12(2,11-14-3-4-19-11)16-9-5-7(10(17)18)8(13)6-15-9/h3-6H,13H2,1-2H3,(H,15,16)(H,17,18). The van der Waals surface area contributed by atoms with E-state index >= 15 is 0 Å². The molecule has 2 rings (SSSR count). The normalized spacial score (nSPS) is 11.3. The first-order chi connectivity index (χ1) is 8.90. The van der Waals surface area contributed by atoms with Crippen LogP contribution in [0.3, 0.4) is 0 Å². The van der Waals surface area contributed by atoms with Crippen molar-refractivity contribution in [3.05, 3.63) is 34.4 Å². The third-order valence-electron chi connectivity index (χ3n) is 2.57. The van der Waals surface area contributed by atoms with Crippen molar-refractivity contribution in [2.75, 3.05) is 11.1 Å². The maximum Gasteiger partial charge on any atom is 0.337 e.